The van der Waals surface area contributed by atoms with E-state index >= 15 is 0 Å². The average Bonchev–Trinajstić information content (AvgIpc) is 3.18. The lowest BCUT2D eigenvalue weighted by Gasteiger charge is -2.39. The first-order valence-electron chi connectivity index (χ1n) is 10.4. The Morgan fingerprint density at radius 2 is 2.10 bits per heavy atom. The maximum atomic E-state index is 12.5. The Labute approximate surface area is 175 Å². The molecule has 0 aliphatic carbocycles. The van der Waals surface area contributed by atoms with Gasteiger partial charge in [0, 0.05) is 25.8 Å². The average molecular weight is 403 g/mol. The number of fused-ring (bicyclic) bond motifs is 1. The number of carbonyl (C=O) groups excluding carboxylic acids is 1. The third-order valence-corrected chi connectivity index (χ3v) is 5.86. The molecule has 154 valence electrons. The predicted molar refractivity (Wildman–Crippen MR) is 115 cm³/mol. The molecule has 7 nitrogen and oxygen atoms in total. The molecule has 0 unspecified atom stereocenters. The van der Waals surface area contributed by atoms with E-state index in [2.05, 4.69) is 63.6 Å². The topological polar surface area (TPSA) is 71.8 Å². The van der Waals surface area contributed by atoms with Gasteiger partial charge in [-0.05, 0) is 36.1 Å². The van der Waals surface area contributed by atoms with Crippen LogP contribution in [-0.4, -0.2) is 46.8 Å². The van der Waals surface area contributed by atoms with Crippen molar-refractivity contribution in [3.63, 3.8) is 0 Å². The van der Waals surface area contributed by atoms with E-state index in [1.54, 1.807) is 6.33 Å². The minimum absolute atomic E-state index is 0.0157. The van der Waals surface area contributed by atoms with Crippen LogP contribution in [0.2, 0.25) is 0 Å². The van der Waals surface area contributed by atoms with Crippen LogP contribution in [-0.2, 0) is 16.1 Å². The summed E-state index contributed by atoms with van der Waals surface area (Å²) in [6.07, 6.45) is 6.66. The van der Waals surface area contributed by atoms with Gasteiger partial charge in [0.05, 0.1) is 19.1 Å². The molecule has 0 spiro atoms. The van der Waals surface area contributed by atoms with Crippen LogP contribution in [0, 0.1) is 12.8 Å². The smallest absolute Gasteiger partial charge is 0.226 e. The van der Waals surface area contributed by atoms with E-state index in [0.717, 1.165) is 35.5 Å². The number of benzene rings is 1. The molecule has 1 fully saturated rings. The molecule has 2 aliphatic heterocycles. The van der Waals surface area contributed by atoms with E-state index in [1.807, 2.05) is 10.7 Å². The second-order valence-corrected chi connectivity index (χ2v) is 8.00. The molecule has 0 saturated carbocycles. The van der Waals surface area contributed by atoms with Crippen LogP contribution in [0.1, 0.15) is 23.1 Å². The summed E-state index contributed by atoms with van der Waals surface area (Å²) in [6, 6.07) is 10.4. The van der Waals surface area contributed by atoms with E-state index in [-0.39, 0.29) is 11.8 Å². The number of carbonyl (C=O) groups is 1. The summed E-state index contributed by atoms with van der Waals surface area (Å²) in [6.45, 7) is 5.37. The monoisotopic (exact) mass is 403 g/mol. The van der Waals surface area contributed by atoms with Gasteiger partial charge < -0.3 is 15.0 Å². The highest BCUT2D eigenvalue weighted by atomic mass is 16.5. The highest BCUT2D eigenvalue weighted by Gasteiger charge is 2.34. The van der Waals surface area contributed by atoms with Gasteiger partial charge in [-0.3, -0.25) is 4.79 Å². The van der Waals surface area contributed by atoms with Crippen molar-refractivity contribution in [3.8, 4) is 0 Å². The molecule has 7 heteroatoms. The number of amides is 1. The van der Waals surface area contributed by atoms with Gasteiger partial charge in [0.15, 0.2) is 5.82 Å². The first-order chi connectivity index (χ1) is 14.7. The predicted octanol–water partition coefficient (Wildman–Crippen LogP) is 2.59. The van der Waals surface area contributed by atoms with E-state index in [9.17, 15) is 4.79 Å². The Morgan fingerprint density at radius 3 is 2.87 bits per heavy atom. The number of hydrogen-bond acceptors (Lipinski definition) is 5. The minimum atomic E-state index is -0.0157. The third kappa shape index (κ3) is 3.68. The fraction of sp³-hybridized carbons (Fsp3) is 0.348. The van der Waals surface area contributed by atoms with Crippen molar-refractivity contribution < 1.29 is 9.53 Å². The Hall–Kier alpha value is -3.19. The summed E-state index contributed by atoms with van der Waals surface area (Å²) in [5.41, 5.74) is 5.75. The largest absolute Gasteiger partial charge is 0.377 e. The van der Waals surface area contributed by atoms with Crippen LogP contribution in [0.5, 0.6) is 0 Å². The van der Waals surface area contributed by atoms with Crippen LogP contribution in [0.15, 0.2) is 48.9 Å². The molecule has 30 heavy (non-hydrogen) atoms. The Balaban J connectivity index is 1.24. The number of rotatable bonds is 5. The molecule has 5 rings (SSSR count). The molecule has 1 amide bonds. The first kappa shape index (κ1) is 18.8. The van der Waals surface area contributed by atoms with Crippen LogP contribution in [0.3, 0.4) is 0 Å². The molecule has 0 atom stereocenters. The molecule has 0 bridgehead atoms. The highest BCUT2D eigenvalue weighted by molar-refractivity contribution is 5.84. The zero-order chi connectivity index (χ0) is 20.5. The molecule has 0 radical (unpaired) electrons. The van der Waals surface area contributed by atoms with E-state index in [0.29, 0.717) is 26.2 Å². The Bertz CT molecular complexity index is 1100. The number of aromatic nitrogens is 3. The van der Waals surface area contributed by atoms with Crippen LogP contribution < -0.4 is 10.2 Å². The molecule has 3 aromatic rings. The number of nitrogens with zero attached hydrogens (tertiary/aromatic N) is 4. The van der Waals surface area contributed by atoms with Crippen molar-refractivity contribution in [3.05, 3.63) is 65.6 Å². The van der Waals surface area contributed by atoms with Gasteiger partial charge in [-0.2, -0.15) is 5.10 Å². The van der Waals surface area contributed by atoms with Crippen molar-refractivity contribution in [2.24, 2.45) is 5.92 Å². The number of aryl methyl sites for hydroxylation is 1. The standard InChI is InChI=1S/C23H25N5O2/c1-16-2-4-17(5-3-16)11-24-23(29)20-12-27(13-20)22-21-10-19(14-28(21)26-15-25-22)18-6-8-30-9-7-18/h2-6,10,14-15,20H,7-9,11-13H2,1H3,(H,24,29). The minimum Gasteiger partial charge on any atom is -0.377 e. The molecule has 1 saturated heterocycles. The van der Waals surface area contributed by atoms with Crippen molar-refractivity contribution in [1.82, 2.24) is 19.9 Å². The molecule has 4 heterocycles. The van der Waals surface area contributed by atoms with Gasteiger partial charge in [0.2, 0.25) is 5.91 Å². The van der Waals surface area contributed by atoms with Gasteiger partial charge in [0.25, 0.3) is 0 Å². The summed E-state index contributed by atoms with van der Waals surface area (Å²) in [7, 11) is 0. The summed E-state index contributed by atoms with van der Waals surface area (Å²) in [5.74, 6) is 0.963. The summed E-state index contributed by atoms with van der Waals surface area (Å²) < 4.78 is 7.29. The second kappa shape index (κ2) is 7.91. The van der Waals surface area contributed by atoms with E-state index in [1.165, 1.54) is 11.1 Å². The van der Waals surface area contributed by atoms with Gasteiger partial charge in [0.1, 0.15) is 11.8 Å². The molecule has 2 aromatic heterocycles. The molecule has 1 N–H and O–H groups in total. The van der Waals surface area contributed by atoms with Crippen LogP contribution in [0.25, 0.3) is 11.1 Å². The van der Waals surface area contributed by atoms with Gasteiger partial charge in [-0.25, -0.2) is 9.50 Å². The van der Waals surface area contributed by atoms with Crippen LogP contribution >= 0.6 is 0 Å². The van der Waals surface area contributed by atoms with E-state index < -0.39 is 0 Å². The Kier molecular flexibility index (Phi) is 4.96. The third-order valence-electron chi connectivity index (χ3n) is 5.86. The number of nitrogens with one attached hydrogen (secondary N) is 1. The quantitative estimate of drug-likeness (QED) is 0.709. The molecular weight excluding hydrogens is 378 g/mol. The van der Waals surface area contributed by atoms with Crippen LogP contribution in [0.4, 0.5) is 5.82 Å². The lowest BCUT2D eigenvalue weighted by atomic mass is 9.99. The van der Waals surface area contributed by atoms with Crippen molar-refractivity contribution in [2.45, 2.75) is 19.9 Å². The summed E-state index contributed by atoms with van der Waals surface area (Å²) in [5, 5.41) is 7.42. The van der Waals surface area contributed by atoms with Gasteiger partial charge >= 0.3 is 0 Å². The highest BCUT2D eigenvalue weighted by Crippen LogP contribution is 2.30. The zero-order valence-electron chi connectivity index (χ0n) is 17.0. The number of hydrogen-bond donors (Lipinski definition) is 1. The Morgan fingerprint density at radius 1 is 1.27 bits per heavy atom. The van der Waals surface area contributed by atoms with Gasteiger partial charge in [-0.15, -0.1) is 0 Å². The lowest BCUT2D eigenvalue weighted by molar-refractivity contribution is -0.125. The number of anilines is 1. The van der Waals surface area contributed by atoms with Gasteiger partial charge in [-0.1, -0.05) is 35.9 Å². The maximum Gasteiger partial charge on any atom is 0.226 e. The lowest BCUT2D eigenvalue weighted by Crippen LogP contribution is -2.54. The normalized spacial score (nSPS) is 17.0. The summed E-state index contributed by atoms with van der Waals surface area (Å²) >= 11 is 0. The zero-order valence-corrected chi connectivity index (χ0v) is 17.0. The molecule has 2 aliphatic rings. The fourth-order valence-corrected chi connectivity index (χ4v) is 3.98. The van der Waals surface area contributed by atoms with Crippen molar-refractivity contribution in [1.29, 1.82) is 0 Å². The molecular formula is C23H25N5O2. The molecule has 1 aromatic carbocycles. The SMILES string of the molecule is Cc1ccc(CNC(=O)C2CN(c3ncnn4cc(C5=CCOCC5)cc34)C2)cc1. The van der Waals surface area contributed by atoms with Crippen molar-refractivity contribution in [2.75, 3.05) is 31.2 Å². The second-order valence-electron chi connectivity index (χ2n) is 8.00. The number of ether oxygens (including phenoxy) is 1. The van der Waals surface area contributed by atoms with E-state index in [4.69, 9.17) is 4.74 Å². The summed E-state index contributed by atoms with van der Waals surface area (Å²) in [4.78, 5) is 19.2. The van der Waals surface area contributed by atoms with Crippen molar-refractivity contribution >= 4 is 22.8 Å². The maximum absolute atomic E-state index is 12.5. The first-order valence-corrected chi connectivity index (χ1v) is 10.4. The fourth-order valence-electron chi connectivity index (χ4n) is 3.98.